The molecule has 7 fully saturated rings. The molecule has 6 heterocycles. The second-order valence-electron chi connectivity index (χ2n) is 13.1. The van der Waals surface area contributed by atoms with Gasteiger partial charge in [0, 0.05) is 51.6 Å². The van der Waals surface area contributed by atoms with E-state index >= 15 is 0 Å². The largest absolute Gasteiger partial charge is 0.467 e. The Bertz CT molecular complexity index is 1170. The monoisotopic (exact) mass is 644 g/mol. The number of esters is 3. The van der Waals surface area contributed by atoms with Gasteiger partial charge in [-0.2, -0.15) is 0 Å². The van der Waals surface area contributed by atoms with Crippen LogP contribution in [0.1, 0.15) is 67.7 Å². The van der Waals surface area contributed by atoms with Crippen LogP contribution in [0, 0.1) is 23.7 Å². The maximum Gasteiger partial charge on any atom is 0.339 e. The molecule has 15 nitrogen and oxygen atoms in total. The molecule has 0 aromatic carbocycles. The van der Waals surface area contributed by atoms with E-state index in [0.717, 1.165) is 13.5 Å². The first-order valence-electron chi connectivity index (χ1n) is 15.7. The summed E-state index contributed by atoms with van der Waals surface area (Å²) in [5, 5.41) is 0. The van der Waals surface area contributed by atoms with Crippen molar-refractivity contribution in [1.29, 1.82) is 0 Å². The van der Waals surface area contributed by atoms with E-state index in [0.29, 0.717) is 19.4 Å². The number of rotatable bonds is 7. The van der Waals surface area contributed by atoms with Gasteiger partial charge >= 0.3 is 17.9 Å². The van der Waals surface area contributed by atoms with Gasteiger partial charge in [0.2, 0.25) is 5.79 Å². The minimum atomic E-state index is -1.70. The Balaban J connectivity index is 1.28. The Morgan fingerprint density at radius 2 is 1.60 bits per heavy atom. The lowest BCUT2D eigenvalue weighted by Gasteiger charge is -2.61. The number of methoxy groups -OCH3 is 1. The molecule has 0 radical (unpaired) electrons. The van der Waals surface area contributed by atoms with Crippen LogP contribution in [0.25, 0.3) is 0 Å². The van der Waals surface area contributed by atoms with Crippen LogP contribution >= 0.6 is 0 Å². The predicted octanol–water partition coefficient (Wildman–Crippen LogP) is 2.08. The maximum absolute atomic E-state index is 12.7. The molecule has 6 aliphatic heterocycles. The fourth-order valence-corrected chi connectivity index (χ4v) is 8.12. The number of carbonyl (C=O) groups is 3. The highest BCUT2D eigenvalue weighted by molar-refractivity contribution is 5.77. The summed E-state index contributed by atoms with van der Waals surface area (Å²) in [6, 6.07) is 0. The predicted molar refractivity (Wildman–Crippen MR) is 145 cm³/mol. The summed E-state index contributed by atoms with van der Waals surface area (Å²) in [7, 11) is 1.16. The lowest BCUT2D eigenvalue weighted by atomic mass is 9.57. The maximum atomic E-state index is 12.7. The van der Waals surface area contributed by atoms with E-state index in [2.05, 4.69) is 13.8 Å². The van der Waals surface area contributed by atoms with Gasteiger partial charge in [-0.15, -0.1) is 0 Å². The Labute approximate surface area is 261 Å². The van der Waals surface area contributed by atoms with Crippen LogP contribution in [0.15, 0.2) is 0 Å². The van der Waals surface area contributed by atoms with Crippen LogP contribution in [0.3, 0.4) is 0 Å². The molecule has 1 saturated carbocycles. The summed E-state index contributed by atoms with van der Waals surface area (Å²) in [5.41, 5.74) is -0.886. The minimum Gasteiger partial charge on any atom is -0.467 e. The summed E-state index contributed by atoms with van der Waals surface area (Å²) >= 11 is 0. The van der Waals surface area contributed by atoms with Crippen LogP contribution in [-0.2, 0) is 71.5 Å². The lowest BCUT2D eigenvalue weighted by molar-refractivity contribution is -0.579. The average Bonchev–Trinajstić information content (AvgIpc) is 3.14. The fourth-order valence-electron chi connectivity index (χ4n) is 8.12. The molecular weight excluding hydrogens is 600 g/mol. The molecular formula is C30H44O15. The summed E-state index contributed by atoms with van der Waals surface area (Å²) in [6.07, 6.45) is -6.20. The van der Waals surface area contributed by atoms with E-state index in [1.54, 1.807) is 6.92 Å². The van der Waals surface area contributed by atoms with Crippen molar-refractivity contribution in [2.24, 2.45) is 23.7 Å². The van der Waals surface area contributed by atoms with Gasteiger partial charge in [0.25, 0.3) is 5.97 Å². The first-order chi connectivity index (χ1) is 21.2. The second kappa shape index (κ2) is 11.9. The van der Waals surface area contributed by atoms with Gasteiger partial charge in [-0.3, -0.25) is 14.3 Å². The van der Waals surface area contributed by atoms with Crippen LogP contribution in [0.2, 0.25) is 0 Å². The smallest absolute Gasteiger partial charge is 0.339 e. The zero-order valence-electron chi connectivity index (χ0n) is 26.9. The van der Waals surface area contributed by atoms with Gasteiger partial charge in [-0.05, 0) is 32.6 Å². The summed E-state index contributed by atoms with van der Waals surface area (Å²) in [6.45, 7) is 12.3. The third-order valence-electron chi connectivity index (χ3n) is 10.1. The van der Waals surface area contributed by atoms with Crippen molar-refractivity contribution in [3.05, 3.63) is 0 Å². The summed E-state index contributed by atoms with van der Waals surface area (Å²) < 4.78 is 59.7. The van der Waals surface area contributed by atoms with Crippen molar-refractivity contribution >= 4 is 17.9 Å². The van der Waals surface area contributed by atoms with Crippen molar-refractivity contribution < 1.29 is 71.5 Å². The van der Waals surface area contributed by atoms with Crippen molar-refractivity contribution in [2.45, 2.75) is 134 Å². The SMILES string of the molecule is CCO[C@H]1O[C@@H]2O[C@@]3(C)CC[C@H]4[C@H](C)[C@H](OC5(C)OC6O[C@@H](C(=O)OC)[C@H](OC(C)=O)[C@@H](OC(C)=O)C6O5)C[C@@H]([C@H]1C)[C@@]24OO3. The molecule has 15 heteroatoms. The number of carbonyl (C=O) groups excluding carboxylic acids is 3. The number of ether oxygens (including phenoxy) is 10. The van der Waals surface area contributed by atoms with E-state index in [4.69, 9.17) is 57.1 Å². The van der Waals surface area contributed by atoms with E-state index < -0.39 is 84.7 Å². The van der Waals surface area contributed by atoms with Crippen molar-refractivity contribution in [3.63, 3.8) is 0 Å². The highest BCUT2D eigenvalue weighted by Crippen LogP contribution is 2.61. The molecule has 0 aromatic rings. The van der Waals surface area contributed by atoms with Crippen LogP contribution in [0.4, 0.5) is 0 Å². The molecule has 1 aliphatic carbocycles. The summed E-state index contributed by atoms with van der Waals surface area (Å²) in [5.74, 6) is -5.36. The number of fused-ring (bicyclic) bond motifs is 3. The Kier molecular flexibility index (Phi) is 8.74. The van der Waals surface area contributed by atoms with Gasteiger partial charge in [0.1, 0.15) is 0 Å². The lowest BCUT2D eigenvalue weighted by Crippen LogP contribution is -2.72. The second-order valence-corrected chi connectivity index (χ2v) is 13.1. The molecule has 1 spiro atoms. The molecule has 45 heavy (non-hydrogen) atoms. The van der Waals surface area contributed by atoms with Gasteiger partial charge in [-0.1, -0.05) is 13.8 Å². The van der Waals surface area contributed by atoms with Crippen molar-refractivity contribution in [2.75, 3.05) is 13.7 Å². The first kappa shape index (κ1) is 33.0. The minimum absolute atomic E-state index is 0.0880. The van der Waals surface area contributed by atoms with Gasteiger partial charge < -0.3 is 42.6 Å². The molecule has 6 saturated heterocycles. The van der Waals surface area contributed by atoms with Crippen LogP contribution in [0.5, 0.6) is 0 Å². The zero-order valence-corrected chi connectivity index (χ0v) is 26.9. The van der Waals surface area contributed by atoms with E-state index in [9.17, 15) is 14.4 Å². The fraction of sp³-hybridized carbons (Fsp3) is 0.900. The molecule has 2 bridgehead atoms. The molecule has 3 unspecified atom stereocenters. The molecule has 7 rings (SSSR count). The third kappa shape index (κ3) is 5.57. The molecule has 15 atom stereocenters. The van der Waals surface area contributed by atoms with Crippen LogP contribution in [-0.4, -0.2) is 98.4 Å². The third-order valence-corrected chi connectivity index (χ3v) is 10.1. The van der Waals surface area contributed by atoms with Gasteiger partial charge in [-0.25, -0.2) is 14.6 Å². The van der Waals surface area contributed by atoms with E-state index in [-0.39, 0.29) is 23.7 Å². The van der Waals surface area contributed by atoms with Crippen molar-refractivity contribution in [3.8, 4) is 0 Å². The molecule has 0 aromatic heterocycles. The topological polar surface area (TPSA) is 162 Å². The highest BCUT2D eigenvalue weighted by atomic mass is 17.3. The zero-order chi connectivity index (χ0) is 32.5. The first-order valence-corrected chi connectivity index (χ1v) is 15.7. The van der Waals surface area contributed by atoms with Crippen LogP contribution < -0.4 is 0 Å². The Morgan fingerprint density at radius 3 is 2.27 bits per heavy atom. The molecule has 7 aliphatic rings. The Morgan fingerprint density at radius 1 is 0.889 bits per heavy atom. The normalized spacial score (nSPS) is 50.1. The quantitative estimate of drug-likeness (QED) is 0.225. The standard InChI is InChI=1S/C30H44O15/c1-9-35-25-14(3)18-12-19(13(2)17-10-11-28(6)43-27(39-25)30(17,18)45-44-28)40-29(7)41-23-21(37-16(5)32)20(36-15(4)31)22(24(33)34-8)38-26(23)42-29/h13-14,17-23,25-27H,9-12H2,1-8H3/t13-,14+,17-,18-,19+,20+,21+,22+,23?,25-,26?,27+,28+,29?,30+/m0/s1. The highest BCUT2D eigenvalue weighted by Gasteiger charge is 2.72. The molecule has 0 N–H and O–H groups in total. The van der Waals surface area contributed by atoms with E-state index in [1.165, 1.54) is 13.8 Å². The Hall–Kier alpha value is -1.95. The van der Waals surface area contributed by atoms with Gasteiger partial charge in [0.05, 0.1) is 13.2 Å². The average molecular weight is 645 g/mol. The van der Waals surface area contributed by atoms with Crippen molar-refractivity contribution in [1.82, 2.24) is 0 Å². The summed E-state index contributed by atoms with van der Waals surface area (Å²) in [4.78, 5) is 49.0. The van der Waals surface area contributed by atoms with Gasteiger partial charge in [0.15, 0.2) is 48.9 Å². The molecule has 254 valence electrons. The number of hydrogen-bond acceptors (Lipinski definition) is 15. The van der Waals surface area contributed by atoms with E-state index in [1.807, 2.05) is 13.8 Å². The molecule has 0 amide bonds. The number of hydrogen-bond donors (Lipinski definition) is 0.